The Labute approximate surface area is 137 Å². The van der Waals surface area contributed by atoms with Gasteiger partial charge in [0.1, 0.15) is 0 Å². The van der Waals surface area contributed by atoms with Crippen molar-refractivity contribution in [3.63, 3.8) is 0 Å². The molecule has 2 aromatic heterocycles. The van der Waals surface area contributed by atoms with E-state index in [2.05, 4.69) is 15.6 Å². The summed E-state index contributed by atoms with van der Waals surface area (Å²) in [5.74, 6) is -0.642. The van der Waals surface area contributed by atoms with Crippen LogP contribution in [0.4, 0.5) is 11.5 Å². The van der Waals surface area contributed by atoms with Crippen molar-refractivity contribution in [2.45, 2.75) is 0 Å². The molecular formula is C17H13N3O4. The monoisotopic (exact) mass is 323 g/mol. The molecule has 0 spiro atoms. The van der Waals surface area contributed by atoms with E-state index >= 15 is 0 Å². The lowest BCUT2D eigenvalue weighted by Crippen LogP contribution is -2.14. The average molecular weight is 323 g/mol. The van der Waals surface area contributed by atoms with Crippen molar-refractivity contribution in [2.24, 2.45) is 0 Å². The number of carbonyl (C=O) groups excluding carboxylic acids is 2. The molecule has 0 aliphatic carbocycles. The number of hydrogen-bond acceptors (Lipinski definition) is 5. The second-order valence-electron chi connectivity index (χ2n) is 4.83. The Kier molecular flexibility index (Phi) is 4.24. The summed E-state index contributed by atoms with van der Waals surface area (Å²) >= 11 is 0. The third-order valence-electron chi connectivity index (χ3n) is 3.17. The highest BCUT2D eigenvalue weighted by atomic mass is 16.3. The predicted octanol–water partition coefficient (Wildman–Crippen LogP) is 2.88. The smallest absolute Gasteiger partial charge is 0.291 e. The summed E-state index contributed by atoms with van der Waals surface area (Å²) in [5, 5.41) is 14.8. The maximum atomic E-state index is 12.1. The molecule has 0 unspecified atom stereocenters. The Bertz CT molecular complexity index is 858. The van der Waals surface area contributed by atoms with Crippen LogP contribution in [0.15, 0.2) is 65.4 Å². The highest BCUT2D eigenvalue weighted by Crippen LogP contribution is 2.19. The fourth-order valence-electron chi connectivity index (χ4n) is 1.98. The second-order valence-corrected chi connectivity index (χ2v) is 4.83. The molecule has 0 atom stereocenters. The molecule has 24 heavy (non-hydrogen) atoms. The molecule has 0 bridgehead atoms. The van der Waals surface area contributed by atoms with Gasteiger partial charge in [0.15, 0.2) is 17.3 Å². The Morgan fingerprint density at radius 2 is 1.75 bits per heavy atom. The van der Waals surface area contributed by atoms with Gasteiger partial charge in [-0.1, -0.05) is 0 Å². The third-order valence-corrected chi connectivity index (χ3v) is 3.17. The first-order chi connectivity index (χ1) is 11.6. The number of furan rings is 1. The van der Waals surface area contributed by atoms with Gasteiger partial charge in [-0.15, -0.1) is 0 Å². The van der Waals surface area contributed by atoms with E-state index in [1.165, 1.54) is 18.5 Å². The molecule has 0 saturated heterocycles. The van der Waals surface area contributed by atoms with Crippen LogP contribution >= 0.6 is 0 Å². The van der Waals surface area contributed by atoms with Gasteiger partial charge in [-0.05, 0) is 48.5 Å². The highest BCUT2D eigenvalue weighted by Gasteiger charge is 2.11. The molecule has 7 heteroatoms. The van der Waals surface area contributed by atoms with Gasteiger partial charge in [0, 0.05) is 17.4 Å². The third kappa shape index (κ3) is 3.41. The number of pyridine rings is 1. The van der Waals surface area contributed by atoms with Crippen LogP contribution < -0.4 is 10.6 Å². The Morgan fingerprint density at radius 1 is 0.958 bits per heavy atom. The van der Waals surface area contributed by atoms with Crippen LogP contribution in [-0.4, -0.2) is 21.9 Å². The lowest BCUT2D eigenvalue weighted by Gasteiger charge is -2.07. The van der Waals surface area contributed by atoms with Crippen molar-refractivity contribution in [1.82, 2.24) is 4.98 Å². The van der Waals surface area contributed by atoms with E-state index in [1.54, 1.807) is 42.5 Å². The van der Waals surface area contributed by atoms with Gasteiger partial charge in [-0.25, -0.2) is 4.98 Å². The first kappa shape index (κ1) is 15.3. The Balaban J connectivity index is 1.67. The van der Waals surface area contributed by atoms with Crippen molar-refractivity contribution >= 4 is 23.3 Å². The van der Waals surface area contributed by atoms with E-state index in [0.717, 1.165) is 0 Å². The van der Waals surface area contributed by atoms with Crippen molar-refractivity contribution < 1.29 is 19.1 Å². The van der Waals surface area contributed by atoms with E-state index in [1.807, 2.05) is 0 Å². The Hall–Kier alpha value is -3.61. The van der Waals surface area contributed by atoms with Crippen LogP contribution in [-0.2, 0) is 0 Å². The van der Waals surface area contributed by atoms with E-state index in [0.29, 0.717) is 11.3 Å². The molecular weight excluding hydrogens is 310 g/mol. The number of aromatic nitrogens is 1. The summed E-state index contributed by atoms with van der Waals surface area (Å²) in [6.07, 6.45) is 2.87. The van der Waals surface area contributed by atoms with Crippen molar-refractivity contribution in [3.8, 4) is 5.75 Å². The molecule has 0 fully saturated rings. The van der Waals surface area contributed by atoms with E-state index in [9.17, 15) is 14.7 Å². The number of nitrogens with one attached hydrogen (secondary N) is 2. The predicted molar refractivity (Wildman–Crippen MR) is 87.0 cm³/mol. The normalized spacial score (nSPS) is 10.2. The van der Waals surface area contributed by atoms with Crippen LogP contribution in [0.2, 0.25) is 0 Å². The summed E-state index contributed by atoms with van der Waals surface area (Å²) in [4.78, 5) is 27.9. The molecule has 2 amide bonds. The van der Waals surface area contributed by atoms with Crippen molar-refractivity contribution in [1.29, 1.82) is 0 Å². The van der Waals surface area contributed by atoms with Gasteiger partial charge in [0.2, 0.25) is 0 Å². The topological polar surface area (TPSA) is 104 Å². The molecule has 3 aromatic rings. The zero-order chi connectivity index (χ0) is 16.9. The number of carbonyl (C=O) groups is 2. The zero-order valence-electron chi connectivity index (χ0n) is 12.4. The number of hydrogen-bond donors (Lipinski definition) is 3. The van der Waals surface area contributed by atoms with Gasteiger partial charge in [0.25, 0.3) is 11.8 Å². The van der Waals surface area contributed by atoms with Crippen LogP contribution in [0.1, 0.15) is 20.9 Å². The minimum atomic E-state index is -0.423. The van der Waals surface area contributed by atoms with Crippen LogP contribution in [0, 0.1) is 0 Å². The van der Waals surface area contributed by atoms with E-state index < -0.39 is 5.91 Å². The maximum Gasteiger partial charge on any atom is 0.291 e. The zero-order valence-corrected chi connectivity index (χ0v) is 12.4. The summed E-state index contributed by atoms with van der Waals surface area (Å²) in [7, 11) is 0. The second kappa shape index (κ2) is 6.66. The minimum Gasteiger partial charge on any atom is -0.504 e. The quantitative estimate of drug-likeness (QED) is 0.685. The summed E-state index contributed by atoms with van der Waals surface area (Å²) in [6.45, 7) is 0. The molecule has 120 valence electrons. The first-order valence-electron chi connectivity index (χ1n) is 7.04. The lowest BCUT2D eigenvalue weighted by atomic mass is 10.2. The molecule has 0 aliphatic heterocycles. The number of amides is 2. The number of rotatable bonds is 4. The summed E-state index contributed by atoms with van der Waals surface area (Å²) in [6, 6.07) is 12.4. The number of anilines is 2. The Morgan fingerprint density at radius 3 is 2.42 bits per heavy atom. The molecule has 0 radical (unpaired) electrons. The lowest BCUT2D eigenvalue weighted by molar-refractivity contribution is 0.0995. The molecule has 1 aromatic carbocycles. The molecule has 0 aliphatic rings. The van der Waals surface area contributed by atoms with Gasteiger partial charge in [0.05, 0.1) is 6.26 Å². The van der Waals surface area contributed by atoms with Crippen molar-refractivity contribution in [2.75, 3.05) is 10.6 Å². The SMILES string of the molecule is O=C(Nc1ncccc1O)c1ccc(NC(=O)c2ccco2)cc1. The fraction of sp³-hybridized carbons (Fsp3) is 0. The summed E-state index contributed by atoms with van der Waals surface area (Å²) < 4.78 is 5.00. The highest BCUT2D eigenvalue weighted by molar-refractivity contribution is 6.05. The number of benzene rings is 1. The standard InChI is InChI=1S/C17H13N3O4/c21-13-3-1-9-18-15(13)20-16(22)11-5-7-12(8-6-11)19-17(23)14-4-2-10-24-14/h1-10,21H,(H,19,23)(H,18,20,22). The molecule has 3 N–H and O–H groups in total. The van der Waals surface area contributed by atoms with Gasteiger partial charge >= 0.3 is 0 Å². The molecule has 3 rings (SSSR count). The largest absolute Gasteiger partial charge is 0.504 e. The average Bonchev–Trinajstić information content (AvgIpc) is 3.12. The van der Waals surface area contributed by atoms with Gasteiger partial charge < -0.3 is 20.2 Å². The maximum absolute atomic E-state index is 12.1. The minimum absolute atomic E-state index is 0.0812. The van der Waals surface area contributed by atoms with E-state index in [-0.39, 0.29) is 23.2 Å². The van der Waals surface area contributed by atoms with Crippen LogP contribution in [0.5, 0.6) is 5.75 Å². The van der Waals surface area contributed by atoms with Gasteiger partial charge in [-0.3, -0.25) is 9.59 Å². The first-order valence-corrected chi connectivity index (χ1v) is 7.04. The van der Waals surface area contributed by atoms with Crippen LogP contribution in [0.25, 0.3) is 0 Å². The fourth-order valence-corrected chi connectivity index (χ4v) is 1.98. The molecule has 7 nitrogen and oxygen atoms in total. The van der Waals surface area contributed by atoms with Crippen LogP contribution in [0.3, 0.4) is 0 Å². The van der Waals surface area contributed by atoms with Gasteiger partial charge in [-0.2, -0.15) is 0 Å². The number of aromatic hydroxyl groups is 1. The summed E-state index contributed by atoms with van der Waals surface area (Å²) in [5.41, 5.74) is 0.879. The van der Waals surface area contributed by atoms with Crippen molar-refractivity contribution in [3.05, 3.63) is 72.3 Å². The molecule has 2 heterocycles. The number of nitrogens with zero attached hydrogens (tertiary/aromatic N) is 1. The molecule has 0 saturated carbocycles. The van der Waals surface area contributed by atoms with E-state index in [4.69, 9.17) is 4.42 Å².